The minimum atomic E-state index is 0.190. The molecule has 0 fully saturated rings. The number of hydrogen-bond donors (Lipinski definition) is 0. The highest BCUT2D eigenvalue weighted by atomic mass is 16.1. The molecule has 1 aromatic rings. The molecule has 1 heterocycles. The Morgan fingerprint density at radius 3 is 2.70 bits per heavy atom. The van der Waals surface area contributed by atoms with Crippen molar-refractivity contribution in [1.82, 2.24) is 0 Å². The van der Waals surface area contributed by atoms with Crippen molar-refractivity contribution < 1.29 is 4.79 Å². The van der Waals surface area contributed by atoms with Gasteiger partial charge < -0.3 is 4.90 Å². The molecule has 110 valence electrons. The maximum atomic E-state index is 11.1. The van der Waals surface area contributed by atoms with Gasteiger partial charge in [0.1, 0.15) is 6.29 Å². The van der Waals surface area contributed by atoms with Crippen LogP contribution in [0.15, 0.2) is 12.1 Å². The molecule has 0 radical (unpaired) electrons. The van der Waals surface area contributed by atoms with Crippen LogP contribution in [0.1, 0.15) is 74.4 Å². The maximum absolute atomic E-state index is 11.1. The number of unbranched alkanes of at least 4 members (excludes halogenated alkanes) is 1. The van der Waals surface area contributed by atoms with Crippen molar-refractivity contribution in [3.05, 3.63) is 28.8 Å². The van der Waals surface area contributed by atoms with Crippen molar-refractivity contribution in [3.63, 3.8) is 0 Å². The lowest BCUT2D eigenvalue weighted by atomic mass is 9.78. The molecule has 0 amide bonds. The third-order valence-electron chi connectivity index (χ3n) is 4.56. The lowest BCUT2D eigenvalue weighted by Gasteiger charge is -2.48. The van der Waals surface area contributed by atoms with Gasteiger partial charge >= 0.3 is 0 Å². The number of benzene rings is 1. The van der Waals surface area contributed by atoms with Crippen molar-refractivity contribution in [2.24, 2.45) is 0 Å². The molecule has 0 aromatic heterocycles. The highest BCUT2D eigenvalue weighted by Crippen LogP contribution is 2.45. The number of hydrogen-bond acceptors (Lipinski definition) is 2. The second kappa shape index (κ2) is 5.59. The van der Waals surface area contributed by atoms with E-state index in [4.69, 9.17) is 0 Å². The van der Waals surface area contributed by atoms with Crippen LogP contribution in [0, 0.1) is 6.92 Å². The SMILES string of the molecule is CCCCN1c2c(C)cc(C=O)cc2[C@@H](C)CC1(C)C. The third-order valence-corrected chi connectivity index (χ3v) is 4.56. The number of carbonyl (C=O) groups is 1. The summed E-state index contributed by atoms with van der Waals surface area (Å²) in [4.78, 5) is 13.7. The van der Waals surface area contributed by atoms with E-state index < -0.39 is 0 Å². The smallest absolute Gasteiger partial charge is 0.150 e. The molecule has 0 unspecified atom stereocenters. The van der Waals surface area contributed by atoms with Gasteiger partial charge in [-0.3, -0.25) is 4.79 Å². The van der Waals surface area contributed by atoms with E-state index in [9.17, 15) is 4.79 Å². The number of anilines is 1. The van der Waals surface area contributed by atoms with Crippen LogP contribution in [0.5, 0.6) is 0 Å². The third kappa shape index (κ3) is 2.61. The number of carbonyl (C=O) groups excluding carboxylic acids is 1. The van der Waals surface area contributed by atoms with E-state index in [0.29, 0.717) is 5.92 Å². The second-order valence-corrected chi connectivity index (χ2v) is 6.82. The number of fused-ring (bicyclic) bond motifs is 1. The van der Waals surface area contributed by atoms with Crippen LogP contribution in [-0.4, -0.2) is 18.4 Å². The fourth-order valence-electron chi connectivity index (χ4n) is 3.65. The largest absolute Gasteiger partial charge is 0.366 e. The molecule has 0 aliphatic carbocycles. The lowest BCUT2D eigenvalue weighted by Crippen LogP contribution is -2.49. The Morgan fingerprint density at radius 2 is 2.10 bits per heavy atom. The zero-order chi connectivity index (χ0) is 14.9. The van der Waals surface area contributed by atoms with Crippen LogP contribution in [0.25, 0.3) is 0 Å². The Labute approximate surface area is 123 Å². The predicted molar refractivity (Wildman–Crippen MR) is 85.9 cm³/mol. The van der Waals surface area contributed by atoms with Gasteiger partial charge in [0.05, 0.1) is 0 Å². The van der Waals surface area contributed by atoms with E-state index in [1.165, 1.54) is 29.7 Å². The Balaban J connectivity index is 2.54. The molecule has 0 saturated carbocycles. The van der Waals surface area contributed by atoms with Crippen molar-refractivity contribution in [1.29, 1.82) is 0 Å². The standard InChI is InChI=1S/C18H27NO/c1-6-7-8-19-17-13(2)9-15(12-20)10-16(17)14(3)11-18(19,4)5/h9-10,12,14H,6-8,11H2,1-5H3/t14-/m0/s1. The highest BCUT2D eigenvalue weighted by Gasteiger charge is 2.36. The van der Waals surface area contributed by atoms with E-state index in [-0.39, 0.29) is 5.54 Å². The van der Waals surface area contributed by atoms with Gasteiger partial charge in [0.15, 0.2) is 0 Å². The molecule has 0 spiro atoms. The number of aryl methyl sites for hydroxylation is 1. The van der Waals surface area contributed by atoms with E-state index >= 15 is 0 Å². The summed E-state index contributed by atoms with van der Waals surface area (Å²) >= 11 is 0. The molecule has 20 heavy (non-hydrogen) atoms. The average molecular weight is 273 g/mol. The first-order valence-electron chi connectivity index (χ1n) is 7.78. The second-order valence-electron chi connectivity index (χ2n) is 6.82. The topological polar surface area (TPSA) is 20.3 Å². The van der Waals surface area contributed by atoms with E-state index in [1.807, 2.05) is 6.07 Å². The minimum absolute atomic E-state index is 0.190. The average Bonchev–Trinajstić information content (AvgIpc) is 2.38. The summed E-state index contributed by atoms with van der Waals surface area (Å²) in [6.07, 6.45) is 4.54. The Hall–Kier alpha value is -1.31. The molecule has 0 N–H and O–H groups in total. The summed E-state index contributed by atoms with van der Waals surface area (Å²) in [5.41, 5.74) is 4.95. The van der Waals surface area contributed by atoms with Crippen LogP contribution in [0.3, 0.4) is 0 Å². The Kier molecular flexibility index (Phi) is 4.22. The zero-order valence-corrected chi connectivity index (χ0v) is 13.5. The van der Waals surface area contributed by atoms with Gasteiger partial charge in [-0.05, 0) is 62.8 Å². The van der Waals surface area contributed by atoms with Crippen LogP contribution in [-0.2, 0) is 0 Å². The van der Waals surface area contributed by atoms with Crippen molar-refractivity contribution in [2.45, 2.75) is 65.3 Å². The number of aldehydes is 1. The predicted octanol–water partition coefficient (Wildman–Crippen LogP) is 4.70. The molecule has 2 nitrogen and oxygen atoms in total. The van der Waals surface area contributed by atoms with Crippen molar-refractivity contribution in [3.8, 4) is 0 Å². The molecular weight excluding hydrogens is 246 g/mol. The van der Waals surface area contributed by atoms with Gasteiger partial charge in [0.25, 0.3) is 0 Å². The molecule has 0 saturated heterocycles. The summed E-state index contributed by atoms with van der Waals surface area (Å²) in [6, 6.07) is 4.12. The molecule has 0 bridgehead atoms. The summed E-state index contributed by atoms with van der Waals surface area (Å²) in [6.45, 7) is 12.4. The summed E-state index contributed by atoms with van der Waals surface area (Å²) in [7, 11) is 0. The van der Waals surface area contributed by atoms with Gasteiger partial charge in [0.2, 0.25) is 0 Å². The molecule has 2 rings (SSSR count). The zero-order valence-electron chi connectivity index (χ0n) is 13.5. The lowest BCUT2D eigenvalue weighted by molar-refractivity contribution is 0.112. The minimum Gasteiger partial charge on any atom is -0.366 e. The van der Waals surface area contributed by atoms with Gasteiger partial charge in [0, 0.05) is 23.3 Å². The Bertz CT molecular complexity index is 504. The van der Waals surface area contributed by atoms with Gasteiger partial charge in [-0.25, -0.2) is 0 Å². The van der Waals surface area contributed by atoms with E-state index in [1.54, 1.807) is 0 Å². The van der Waals surface area contributed by atoms with Crippen LogP contribution < -0.4 is 4.90 Å². The molecule has 1 atom stereocenters. The first-order chi connectivity index (χ1) is 9.40. The molecular formula is C18H27NO. The summed E-state index contributed by atoms with van der Waals surface area (Å²) in [5, 5.41) is 0. The van der Waals surface area contributed by atoms with E-state index in [0.717, 1.165) is 24.8 Å². The highest BCUT2D eigenvalue weighted by molar-refractivity contribution is 5.79. The van der Waals surface area contributed by atoms with E-state index in [2.05, 4.69) is 45.6 Å². The van der Waals surface area contributed by atoms with Gasteiger partial charge in [-0.15, -0.1) is 0 Å². The monoisotopic (exact) mass is 273 g/mol. The van der Waals surface area contributed by atoms with Crippen molar-refractivity contribution >= 4 is 12.0 Å². The first-order valence-corrected chi connectivity index (χ1v) is 7.78. The fraction of sp³-hybridized carbons (Fsp3) is 0.611. The summed E-state index contributed by atoms with van der Waals surface area (Å²) < 4.78 is 0. The van der Waals surface area contributed by atoms with Crippen LogP contribution in [0.4, 0.5) is 5.69 Å². The molecule has 1 aliphatic rings. The number of rotatable bonds is 4. The first kappa shape index (κ1) is 15.1. The summed E-state index contributed by atoms with van der Waals surface area (Å²) in [5.74, 6) is 0.511. The van der Waals surface area contributed by atoms with Gasteiger partial charge in [-0.2, -0.15) is 0 Å². The van der Waals surface area contributed by atoms with Crippen LogP contribution in [0.2, 0.25) is 0 Å². The maximum Gasteiger partial charge on any atom is 0.150 e. The molecule has 1 aromatic carbocycles. The normalized spacial score (nSPS) is 20.6. The molecule has 2 heteroatoms. The number of nitrogens with zero attached hydrogens (tertiary/aromatic N) is 1. The van der Waals surface area contributed by atoms with Crippen molar-refractivity contribution in [2.75, 3.05) is 11.4 Å². The quantitative estimate of drug-likeness (QED) is 0.741. The van der Waals surface area contributed by atoms with Gasteiger partial charge in [-0.1, -0.05) is 20.3 Å². The fourth-order valence-corrected chi connectivity index (χ4v) is 3.65. The van der Waals surface area contributed by atoms with Crippen LogP contribution >= 0.6 is 0 Å². The Morgan fingerprint density at radius 1 is 1.40 bits per heavy atom. The molecule has 1 aliphatic heterocycles.